The van der Waals surface area contributed by atoms with Crippen LogP contribution in [0, 0.1) is 5.82 Å². The first-order chi connectivity index (χ1) is 16.6. The number of rotatable bonds is 6. The standard InChI is InChI=1S/C24H19F4N3O3S/c25-18-10-6-16(7-11-18)23(32)29-14-3-15-31(19-12-8-17(9-13-19)24(26,27)28)22-20-4-1-2-5-21(20)35(33,34)30-22/h1-2,4-13H,3,14-15H2,(H,29,32). The molecule has 3 aromatic rings. The number of hydrogen-bond donors (Lipinski definition) is 1. The predicted molar refractivity (Wildman–Crippen MR) is 122 cm³/mol. The van der Waals surface area contributed by atoms with Crippen molar-refractivity contribution in [3.8, 4) is 0 Å². The van der Waals surface area contributed by atoms with Gasteiger partial charge in [0.25, 0.3) is 15.9 Å². The maximum Gasteiger partial charge on any atom is 0.416 e. The molecule has 0 fully saturated rings. The van der Waals surface area contributed by atoms with E-state index in [1.807, 2.05) is 0 Å². The van der Waals surface area contributed by atoms with E-state index in [2.05, 4.69) is 9.71 Å². The van der Waals surface area contributed by atoms with Crippen molar-refractivity contribution in [2.75, 3.05) is 18.0 Å². The molecule has 0 radical (unpaired) electrons. The van der Waals surface area contributed by atoms with Crippen molar-refractivity contribution in [3.63, 3.8) is 0 Å². The molecule has 0 spiro atoms. The van der Waals surface area contributed by atoms with Crippen molar-refractivity contribution in [2.45, 2.75) is 17.5 Å². The quantitative estimate of drug-likeness (QED) is 0.392. The van der Waals surface area contributed by atoms with Gasteiger partial charge in [0.15, 0.2) is 5.84 Å². The highest BCUT2D eigenvalue weighted by Gasteiger charge is 2.33. The summed E-state index contributed by atoms with van der Waals surface area (Å²) in [6.45, 7) is 0.326. The number of anilines is 1. The summed E-state index contributed by atoms with van der Waals surface area (Å²) in [6.07, 6.45) is -4.20. The largest absolute Gasteiger partial charge is 0.416 e. The second-order valence-electron chi connectivity index (χ2n) is 7.70. The molecule has 4 rings (SSSR count). The summed E-state index contributed by atoms with van der Waals surface area (Å²) in [7, 11) is -3.96. The van der Waals surface area contributed by atoms with Crippen LogP contribution in [0.5, 0.6) is 0 Å². The van der Waals surface area contributed by atoms with Crippen LogP contribution in [0.1, 0.15) is 27.9 Å². The lowest BCUT2D eigenvalue weighted by atomic mass is 10.1. The van der Waals surface area contributed by atoms with Crippen molar-refractivity contribution in [1.29, 1.82) is 0 Å². The maximum absolute atomic E-state index is 13.1. The van der Waals surface area contributed by atoms with Gasteiger partial charge in [0.2, 0.25) is 0 Å². The van der Waals surface area contributed by atoms with Crippen LogP contribution in [0.3, 0.4) is 0 Å². The summed E-state index contributed by atoms with van der Waals surface area (Å²) in [5, 5.41) is 2.69. The van der Waals surface area contributed by atoms with E-state index in [-0.39, 0.29) is 29.4 Å². The topological polar surface area (TPSA) is 78.8 Å². The Hall–Kier alpha value is -3.73. The fraction of sp³-hybridized carbons (Fsp3) is 0.167. The number of amidine groups is 1. The first kappa shape index (κ1) is 24.4. The molecule has 0 saturated heterocycles. The molecule has 0 bridgehead atoms. The summed E-state index contributed by atoms with van der Waals surface area (Å²) in [5.41, 5.74) is 0.0802. The number of carbonyl (C=O) groups is 1. The van der Waals surface area contributed by atoms with Crippen LogP contribution in [-0.4, -0.2) is 33.3 Å². The Kier molecular flexibility index (Phi) is 6.62. The number of carbonyl (C=O) groups excluding carboxylic acids is 1. The minimum absolute atomic E-state index is 0.0107. The van der Waals surface area contributed by atoms with E-state index >= 15 is 0 Å². The molecular formula is C24H19F4N3O3S. The molecule has 11 heteroatoms. The van der Waals surface area contributed by atoms with Gasteiger partial charge < -0.3 is 10.2 Å². The smallest absolute Gasteiger partial charge is 0.352 e. The zero-order valence-corrected chi connectivity index (χ0v) is 18.9. The Labute approximate surface area is 199 Å². The Morgan fingerprint density at radius 3 is 2.26 bits per heavy atom. The molecule has 182 valence electrons. The lowest BCUT2D eigenvalue weighted by Crippen LogP contribution is -2.34. The minimum Gasteiger partial charge on any atom is -0.352 e. The molecule has 0 atom stereocenters. The van der Waals surface area contributed by atoms with E-state index in [1.165, 1.54) is 35.2 Å². The maximum atomic E-state index is 13.1. The van der Waals surface area contributed by atoms with Crippen molar-refractivity contribution >= 4 is 27.5 Å². The van der Waals surface area contributed by atoms with Crippen LogP contribution in [0.4, 0.5) is 23.2 Å². The van der Waals surface area contributed by atoms with Crippen molar-refractivity contribution in [1.82, 2.24) is 5.32 Å². The van der Waals surface area contributed by atoms with Crippen LogP contribution in [0.2, 0.25) is 0 Å². The Balaban J connectivity index is 1.56. The number of nitrogens with zero attached hydrogens (tertiary/aromatic N) is 2. The van der Waals surface area contributed by atoms with E-state index in [1.54, 1.807) is 18.2 Å². The molecule has 1 heterocycles. The van der Waals surface area contributed by atoms with E-state index in [9.17, 15) is 30.8 Å². The first-order valence-electron chi connectivity index (χ1n) is 10.5. The Morgan fingerprint density at radius 1 is 0.943 bits per heavy atom. The van der Waals surface area contributed by atoms with Crippen LogP contribution in [0.25, 0.3) is 0 Å². The predicted octanol–water partition coefficient (Wildman–Crippen LogP) is 4.62. The van der Waals surface area contributed by atoms with Crippen LogP contribution in [0.15, 0.2) is 82.1 Å². The van der Waals surface area contributed by atoms with Crippen LogP contribution in [-0.2, 0) is 16.2 Å². The van der Waals surface area contributed by atoms with Gasteiger partial charge in [0.05, 0.1) is 5.56 Å². The number of sulfonamides is 1. The van der Waals surface area contributed by atoms with Gasteiger partial charge in [-0.25, -0.2) is 4.39 Å². The second kappa shape index (κ2) is 9.49. The zero-order chi connectivity index (χ0) is 25.2. The van der Waals surface area contributed by atoms with Crippen LogP contribution >= 0.6 is 0 Å². The number of hydrogen-bond acceptors (Lipinski definition) is 4. The first-order valence-corrected chi connectivity index (χ1v) is 11.9. The highest BCUT2D eigenvalue weighted by atomic mass is 32.2. The molecule has 1 aliphatic rings. The van der Waals surface area contributed by atoms with E-state index < -0.39 is 33.5 Å². The molecule has 3 aromatic carbocycles. The molecule has 0 saturated carbocycles. The highest BCUT2D eigenvalue weighted by molar-refractivity contribution is 7.90. The number of alkyl halides is 3. The normalized spacial score (nSPS) is 14.2. The summed E-state index contributed by atoms with van der Waals surface area (Å²) in [6, 6.07) is 15.5. The molecule has 1 N–H and O–H groups in total. The summed E-state index contributed by atoms with van der Waals surface area (Å²) < 4.78 is 81.1. The molecule has 35 heavy (non-hydrogen) atoms. The number of nitrogens with one attached hydrogen (secondary N) is 1. The third kappa shape index (κ3) is 5.35. The highest BCUT2D eigenvalue weighted by Crippen LogP contribution is 2.33. The van der Waals surface area contributed by atoms with E-state index in [0.717, 1.165) is 24.3 Å². The van der Waals surface area contributed by atoms with Gasteiger partial charge in [-0.05, 0) is 67.1 Å². The van der Waals surface area contributed by atoms with Gasteiger partial charge in [-0.1, -0.05) is 12.1 Å². The number of fused-ring (bicyclic) bond motifs is 1. The van der Waals surface area contributed by atoms with E-state index in [4.69, 9.17) is 0 Å². The van der Waals surface area contributed by atoms with Crippen molar-refractivity contribution < 1.29 is 30.8 Å². The van der Waals surface area contributed by atoms with Crippen molar-refractivity contribution in [3.05, 3.63) is 95.3 Å². The third-order valence-electron chi connectivity index (χ3n) is 5.32. The zero-order valence-electron chi connectivity index (χ0n) is 18.1. The lowest BCUT2D eigenvalue weighted by molar-refractivity contribution is -0.137. The minimum atomic E-state index is -4.52. The lowest BCUT2D eigenvalue weighted by Gasteiger charge is -2.25. The number of halogens is 4. The average molecular weight is 505 g/mol. The van der Waals surface area contributed by atoms with E-state index in [0.29, 0.717) is 17.7 Å². The van der Waals surface area contributed by atoms with Gasteiger partial charge in [0.1, 0.15) is 10.7 Å². The number of amides is 1. The van der Waals surface area contributed by atoms with Gasteiger partial charge in [-0.2, -0.15) is 21.6 Å². The number of benzene rings is 3. The fourth-order valence-corrected chi connectivity index (χ4v) is 4.82. The SMILES string of the molecule is O=C(NCCCN(C1=NS(=O)(=O)c2ccccc21)c1ccc(C(F)(F)F)cc1)c1ccc(F)cc1. The Morgan fingerprint density at radius 2 is 1.60 bits per heavy atom. The third-order valence-corrected chi connectivity index (χ3v) is 6.65. The average Bonchev–Trinajstić information content (AvgIpc) is 3.09. The molecule has 0 unspecified atom stereocenters. The molecule has 1 amide bonds. The Bertz CT molecular complexity index is 1370. The van der Waals surface area contributed by atoms with Gasteiger partial charge in [-0.15, -0.1) is 4.40 Å². The summed E-state index contributed by atoms with van der Waals surface area (Å²) in [5.74, 6) is -0.802. The molecule has 1 aliphatic heterocycles. The van der Waals surface area contributed by atoms with Gasteiger partial charge in [-0.3, -0.25) is 4.79 Å². The summed E-state index contributed by atoms with van der Waals surface area (Å²) >= 11 is 0. The monoisotopic (exact) mass is 505 g/mol. The molecule has 0 aliphatic carbocycles. The molecule has 6 nitrogen and oxygen atoms in total. The summed E-state index contributed by atoms with van der Waals surface area (Å²) in [4.78, 5) is 13.8. The molecule has 0 aromatic heterocycles. The van der Waals surface area contributed by atoms with Crippen LogP contribution < -0.4 is 10.2 Å². The van der Waals surface area contributed by atoms with Gasteiger partial charge in [0, 0.05) is 29.9 Å². The second-order valence-corrected chi connectivity index (χ2v) is 9.27. The molecular weight excluding hydrogens is 486 g/mol. The fourth-order valence-electron chi connectivity index (χ4n) is 3.61. The van der Waals surface area contributed by atoms with Crippen molar-refractivity contribution in [2.24, 2.45) is 4.40 Å². The van der Waals surface area contributed by atoms with Gasteiger partial charge >= 0.3 is 6.18 Å².